The van der Waals surface area contributed by atoms with Crippen molar-refractivity contribution in [3.63, 3.8) is 0 Å². The maximum atomic E-state index is 11.1. The highest BCUT2D eigenvalue weighted by Gasteiger charge is 2.44. The number of benzene rings is 2. The Morgan fingerprint density at radius 3 is 2.48 bits per heavy atom. The maximum Gasteiger partial charge on any atom is 0.229 e. The van der Waals surface area contributed by atoms with E-state index in [4.69, 9.17) is 9.47 Å². The van der Waals surface area contributed by atoms with Crippen LogP contribution in [0.5, 0.6) is 5.75 Å². The Kier molecular flexibility index (Phi) is 5.73. The summed E-state index contributed by atoms with van der Waals surface area (Å²) in [5.74, 6) is -1.05. The second kappa shape index (κ2) is 8.03. The lowest BCUT2D eigenvalue weighted by Crippen LogP contribution is -2.60. The smallest absolute Gasteiger partial charge is 0.229 e. The zero-order valence-corrected chi connectivity index (χ0v) is 14.1. The van der Waals surface area contributed by atoms with Crippen LogP contribution in [0, 0.1) is 0 Å². The summed E-state index contributed by atoms with van der Waals surface area (Å²) < 4.78 is 11.0. The zero-order chi connectivity index (χ0) is 19.6. The SMILES string of the molecule is O=C([O-])c1cccc(-c2ccccc2OC2OC(CO)C(O)C(O)C2O)c1. The number of aromatic carboxylic acids is 1. The molecule has 5 unspecified atom stereocenters. The van der Waals surface area contributed by atoms with Gasteiger partial charge in [-0.2, -0.15) is 0 Å². The van der Waals surface area contributed by atoms with Crippen LogP contribution in [0.25, 0.3) is 11.1 Å². The van der Waals surface area contributed by atoms with Crippen molar-refractivity contribution in [1.29, 1.82) is 0 Å². The average molecular weight is 375 g/mol. The minimum atomic E-state index is -1.56. The Morgan fingerprint density at radius 1 is 1.04 bits per heavy atom. The minimum absolute atomic E-state index is 0.00450. The van der Waals surface area contributed by atoms with Crippen molar-refractivity contribution in [1.82, 2.24) is 0 Å². The highest BCUT2D eigenvalue weighted by Crippen LogP contribution is 2.33. The summed E-state index contributed by atoms with van der Waals surface area (Å²) in [5, 5.41) is 50.2. The number of carbonyl (C=O) groups excluding carboxylic acids is 1. The second-order valence-corrected chi connectivity index (χ2v) is 6.18. The monoisotopic (exact) mass is 375 g/mol. The van der Waals surface area contributed by atoms with E-state index in [-0.39, 0.29) is 11.3 Å². The van der Waals surface area contributed by atoms with Crippen LogP contribution in [0.2, 0.25) is 0 Å². The highest BCUT2D eigenvalue weighted by atomic mass is 16.7. The van der Waals surface area contributed by atoms with Crippen molar-refractivity contribution in [2.45, 2.75) is 30.7 Å². The Hall–Kier alpha value is -2.49. The number of para-hydroxylation sites is 1. The molecule has 0 saturated carbocycles. The molecule has 8 nitrogen and oxygen atoms in total. The molecule has 2 aromatic carbocycles. The molecule has 1 aliphatic rings. The van der Waals surface area contributed by atoms with E-state index >= 15 is 0 Å². The van der Waals surface area contributed by atoms with Gasteiger partial charge in [0.2, 0.25) is 6.29 Å². The molecular formula is C19H19O8-. The van der Waals surface area contributed by atoms with E-state index in [1.807, 2.05) is 0 Å². The number of rotatable bonds is 5. The molecule has 0 bridgehead atoms. The third-order valence-corrected chi connectivity index (χ3v) is 4.39. The van der Waals surface area contributed by atoms with E-state index in [0.29, 0.717) is 11.1 Å². The lowest BCUT2D eigenvalue weighted by atomic mass is 9.99. The number of ether oxygens (including phenoxy) is 2. The van der Waals surface area contributed by atoms with Gasteiger partial charge >= 0.3 is 0 Å². The van der Waals surface area contributed by atoms with Crippen LogP contribution in [0.3, 0.4) is 0 Å². The first-order valence-electron chi connectivity index (χ1n) is 8.30. The van der Waals surface area contributed by atoms with Gasteiger partial charge in [-0.1, -0.05) is 36.4 Å². The number of carboxylic acid groups (broad SMARTS) is 1. The van der Waals surface area contributed by atoms with Crippen LogP contribution in [0.4, 0.5) is 0 Å². The summed E-state index contributed by atoms with van der Waals surface area (Å²) in [4.78, 5) is 11.1. The summed E-state index contributed by atoms with van der Waals surface area (Å²) in [5.41, 5.74) is 1.06. The fraction of sp³-hybridized carbons (Fsp3) is 0.316. The van der Waals surface area contributed by atoms with Crippen molar-refractivity contribution in [3.8, 4) is 16.9 Å². The van der Waals surface area contributed by atoms with E-state index in [9.17, 15) is 30.3 Å². The summed E-state index contributed by atoms with van der Waals surface area (Å²) >= 11 is 0. The number of hydrogen-bond acceptors (Lipinski definition) is 8. The molecule has 0 aliphatic carbocycles. The quantitative estimate of drug-likeness (QED) is 0.516. The van der Waals surface area contributed by atoms with Gasteiger partial charge in [-0.15, -0.1) is 0 Å². The lowest BCUT2D eigenvalue weighted by molar-refractivity contribution is -0.277. The van der Waals surface area contributed by atoms with Crippen LogP contribution in [-0.2, 0) is 4.74 Å². The van der Waals surface area contributed by atoms with Crippen LogP contribution < -0.4 is 9.84 Å². The average Bonchev–Trinajstić information content (AvgIpc) is 2.69. The van der Waals surface area contributed by atoms with Crippen molar-refractivity contribution >= 4 is 5.97 Å². The Labute approximate surface area is 154 Å². The van der Waals surface area contributed by atoms with Crippen LogP contribution in [-0.4, -0.2) is 63.7 Å². The number of carboxylic acids is 1. The van der Waals surface area contributed by atoms with E-state index in [0.717, 1.165) is 0 Å². The van der Waals surface area contributed by atoms with Gasteiger partial charge in [0.25, 0.3) is 0 Å². The first-order chi connectivity index (χ1) is 12.9. The van der Waals surface area contributed by atoms with Gasteiger partial charge in [-0.05, 0) is 23.3 Å². The number of aliphatic hydroxyl groups excluding tert-OH is 4. The predicted octanol–water partition coefficient (Wildman–Crippen LogP) is -1.10. The summed E-state index contributed by atoms with van der Waals surface area (Å²) in [6.07, 6.45) is -7.03. The molecule has 1 saturated heterocycles. The molecule has 144 valence electrons. The third-order valence-electron chi connectivity index (χ3n) is 4.39. The first-order valence-corrected chi connectivity index (χ1v) is 8.30. The molecular weight excluding hydrogens is 356 g/mol. The van der Waals surface area contributed by atoms with Gasteiger partial charge in [0.05, 0.1) is 12.6 Å². The number of aliphatic hydroxyl groups is 4. The molecule has 0 aromatic heterocycles. The van der Waals surface area contributed by atoms with Gasteiger partial charge < -0.3 is 39.8 Å². The van der Waals surface area contributed by atoms with E-state index in [1.165, 1.54) is 12.1 Å². The second-order valence-electron chi connectivity index (χ2n) is 6.18. The van der Waals surface area contributed by atoms with Crippen molar-refractivity contribution in [2.24, 2.45) is 0 Å². The molecule has 4 N–H and O–H groups in total. The summed E-state index contributed by atoms with van der Waals surface area (Å²) in [6, 6.07) is 12.7. The maximum absolute atomic E-state index is 11.1. The minimum Gasteiger partial charge on any atom is -0.545 e. The Bertz CT molecular complexity index is 806. The predicted molar refractivity (Wildman–Crippen MR) is 90.6 cm³/mol. The molecule has 5 atom stereocenters. The van der Waals surface area contributed by atoms with Crippen molar-refractivity contribution in [3.05, 3.63) is 54.1 Å². The van der Waals surface area contributed by atoms with Gasteiger partial charge in [0, 0.05) is 5.56 Å². The standard InChI is InChI=1S/C19H20O8/c20-9-14-15(21)16(22)17(23)19(27-14)26-13-7-2-1-6-12(13)10-4-3-5-11(8-10)18(24)25/h1-8,14-17,19-23H,9H2,(H,24,25)/p-1. The summed E-state index contributed by atoms with van der Waals surface area (Å²) in [6.45, 7) is -0.569. The van der Waals surface area contributed by atoms with Gasteiger partial charge in [0.1, 0.15) is 30.2 Å². The zero-order valence-electron chi connectivity index (χ0n) is 14.1. The molecule has 1 heterocycles. The van der Waals surface area contributed by atoms with Crippen LogP contribution >= 0.6 is 0 Å². The number of carbonyl (C=O) groups is 1. The molecule has 27 heavy (non-hydrogen) atoms. The molecule has 1 aliphatic heterocycles. The molecule has 0 radical (unpaired) electrons. The Balaban J connectivity index is 1.90. The van der Waals surface area contributed by atoms with E-state index in [1.54, 1.807) is 36.4 Å². The van der Waals surface area contributed by atoms with Crippen molar-refractivity contribution in [2.75, 3.05) is 6.61 Å². The number of hydrogen-bond donors (Lipinski definition) is 4. The molecule has 1 fully saturated rings. The van der Waals surface area contributed by atoms with E-state index < -0.39 is 43.3 Å². The van der Waals surface area contributed by atoms with Crippen molar-refractivity contribution < 1.29 is 39.8 Å². The fourth-order valence-electron chi connectivity index (χ4n) is 2.91. The van der Waals surface area contributed by atoms with Gasteiger partial charge in [-0.3, -0.25) is 0 Å². The Morgan fingerprint density at radius 2 is 1.78 bits per heavy atom. The molecule has 8 heteroatoms. The normalized spacial score (nSPS) is 27.9. The molecule has 0 amide bonds. The largest absolute Gasteiger partial charge is 0.545 e. The topological polar surface area (TPSA) is 140 Å². The lowest BCUT2D eigenvalue weighted by Gasteiger charge is -2.39. The van der Waals surface area contributed by atoms with Crippen LogP contribution in [0.15, 0.2) is 48.5 Å². The fourth-order valence-corrected chi connectivity index (χ4v) is 2.91. The molecule has 3 rings (SSSR count). The molecule has 0 spiro atoms. The summed E-state index contributed by atoms with van der Waals surface area (Å²) in [7, 11) is 0. The van der Waals surface area contributed by atoms with E-state index in [2.05, 4.69) is 0 Å². The van der Waals surface area contributed by atoms with Gasteiger partial charge in [-0.25, -0.2) is 0 Å². The van der Waals surface area contributed by atoms with Gasteiger partial charge in [0.15, 0.2) is 0 Å². The van der Waals surface area contributed by atoms with Crippen LogP contribution in [0.1, 0.15) is 10.4 Å². The highest BCUT2D eigenvalue weighted by molar-refractivity contribution is 5.88. The first kappa shape index (κ1) is 19.3. The third kappa shape index (κ3) is 3.95. The molecule has 2 aromatic rings.